The Balaban J connectivity index is 1.46. The molecule has 40 heavy (non-hydrogen) atoms. The van der Waals surface area contributed by atoms with Gasteiger partial charge < -0.3 is 4.57 Å². The molecular weight excluding hydrogens is 482 g/mol. The summed E-state index contributed by atoms with van der Waals surface area (Å²) in [7, 11) is 0. The van der Waals surface area contributed by atoms with Gasteiger partial charge in [0.05, 0.1) is 11.0 Å². The minimum Gasteiger partial charge on any atom is -0.309 e. The van der Waals surface area contributed by atoms with Crippen molar-refractivity contribution in [3.63, 3.8) is 0 Å². The van der Waals surface area contributed by atoms with Gasteiger partial charge in [-0.05, 0) is 80.6 Å². The van der Waals surface area contributed by atoms with Gasteiger partial charge in [-0.25, -0.2) is 0 Å². The molecule has 1 heteroatoms. The van der Waals surface area contributed by atoms with Crippen molar-refractivity contribution in [2.75, 3.05) is 0 Å². The maximum atomic E-state index is 2.40. The lowest BCUT2D eigenvalue weighted by Crippen LogP contribution is -1.95. The van der Waals surface area contributed by atoms with Crippen LogP contribution in [-0.4, -0.2) is 4.57 Å². The highest BCUT2D eigenvalue weighted by Gasteiger charge is 2.18. The fraction of sp³-hybridized carbons (Fsp3) is 0.0256. The molecule has 0 aliphatic heterocycles. The summed E-state index contributed by atoms with van der Waals surface area (Å²) in [6.07, 6.45) is 0. The zero-order valence-corrected chi connectivity index (χ0v) is 22.3. The monoisotopic (exact) mass is 509 g/mol. The smallest absolute Gasteiger partial charge is 0.0541 e. The molecule has 0 N–H and O–H groups in total. The van der Waals surface area contributed by atoms with E-state index in [1.165, 1.54) is 76.9 Å². The van der Waals surface area contributed by atoms with Crippen LogP contribution in [0.2, 0.25) is 0 Å². The van der Waals surface area contributed by atoms with E-state index >= 15 is 0 Å². The van der Waals surface area contributed by atoms with E-state index < -0.39 is 0 Å². The third-order valence-corrected chi connectivity index (χ3v) is 8.32. The normalized spacial score (nSPS) is 11.6. The first-order valence-electron chi connectivity index (χ1n) is 13.9. The maximum Gasteiger partial charge on any atom is 0.0541 e. The number of aryl methyl sites for hydroxylation is 1. The van der Waals surface area contributed by atoms with Crippen LogP contribution in [0.5, 0.6) is 0 Å². The number of fused-ring (bicyclic) bond motifs is 5. The average molecular weight is 510 g/mol. The summed E-state index contributed by atoms with van der Waals surface area (Å²) in [5.41, 5.74) is 10.0. The molecule has 188 valence electrons. The van der Waals surface area contributed by atoms with Crippen molar-refractivity contribution in [1.29, 1.82) is 0 Å². The molecule has 0 aliphatic carbocycles. The van der Waals surface area contributed by atoms with Crippen molar-refractivity contribution in [2.45, 2.75) is 6.92 Å². The number of aromatic nitrogens is 1. The molecule has 1 nitrogen and oxygen atoms in total. The molecule has 0 saturated heterocycles. The highest BCUT2D eigenvalue weighted by Crippen LogP contribution is 2.44. The highest BCUT2D eigenvalue weighted by molar-refractivity contribution is 6.21. The molecule has 7 aromatic carbocycles. The Kier molecular flexibility index (Phi) is 5.11. The van der Waals surface area contributed by atoms with E-state index in [1.807, 2.05) is 0 Å². The lowest BCUT2D eigenvalue weighted by atomic mass is 9.85. The predicted molar refractivity (Wildman–Crippen MR) is 171 cm³/mol. The van der Waals surface area contributed by atoms with Gasteiger partial charge in [0, 0.05) is 16.5 Å². The molecule has 0 saturated carbocycles. The SMILES string of the molecule is Cc1ccccc1-c1c2ccccc2c(-c2cccc(-n3c4ccccc4c4ccccc43)c2)c2ccccc12. The van der Waals surface area contributed by atoms with E-state index in [1.54, 1.807) is 0 Å². The number of para-hydroxylation sites is 2. The summed E-state index contributed by atoms with van der Waals surface area (Å²) < 4.78 is 2.40. The van der Waals surface area contributed by atoms with E-state index in [0.717, 1.165) is 0 Å². The van der Waals surface area contributed by atoms with E-state index in [0.29, 0.717) is 0 Å². The van der Waals surface area contributed by atoms with Crippen molar-refractivity contribution < 1.29 is 0 Å². The Morgan fingerprint density at radius 2 is 0.875 bits per heavy atom. The number of hydrogen-bond donors (Lipinski definition) is 0. The molecule has 0 unspecified atom stereocenters. The topological polar surface area (TPSA) is 4.93 Å². The van der Waals surface area contributed by atoms with Crippen LogP contribution in [0.25, 0.3) is 71.3 Å². The minimum atomic E-state index is 1.17. The summed E-state index contributed by atoms with van der Waals surface area (Å²) in [5.74, 6) is 0. The van der Waals surface area contributed by atoms with E-state index in [2.05, 4.69) is 157 Å². The molecule has 0 amide bonds. The fourth-order valence-electron chi connectivity index (χ4n) is 6.58. The van der Waals surface area contributed by atoms with Crippen molar-refractivity contribution in [2.24, 2.45) is 0 Å². The molecule has 8 rings (SSSR count). The minimum absolute atomic E-state index is 1.17. The first-order chi connectivity index (χ1) is 19.8. The van der Waals surface area contributed by atoms with E-state index in [-0.39, 0.29) is 0 Å². The van der Waals surface area contributed by atoms with Crippen LogP contribution in [0.3, 0.4) is 0 Å². The van der Waals surface area contributed by atoms with Crippen molar-refractivity contribution in [3.8, 4) is 27.9 Å². The Hall–Kier alpha value is -5.14. The summed E-state index contributed by atoms with van der Waals surface area (Å²) in [6.45, 7) is 2.21. The van der Waals surface area contributed by atoms with Crippen LogP contribution in [-0.2, 0) is 0 Å². The third-order valence-electron chi connectivity index (χ3n) is 8.32. The quantitative estimate of drug-likeness (QED) is 0.209. The van der Waals surface area contributed by atoms with Crippen molar-refractivity contribution in [3.05, 3.63) is 151 Å². The second-order valence-electron chi connectivity index (χ2n) is 10.6. The van der Waals surface area contributed by atoms with Crippen LogP contribution < -0.4 is 0 Å². The molecular formula is C39H27N. The first-order valence-corrected chi connectivity index (χ1v) is 13.9. The van der Waals surface area contributed by atoms with Gasteiger partial charge in [-0.1, -0.05) is 121 Å². The molecule has 0 bridgehead atoms. The number of rotatable bonds is 3. The van der Waals surface area contributed by atoms with Gasteiger partial charge in [0.25, 0.3) is 0 Å². The summed E-state index contributed by atoms with van der Waals surface area (Å²) >= 11 is 0. The summed E-state index contributed by atoms with van der Waals surface area (Å²) in [5, 5.41) is 7.68. The summed E-state index contributed by atoms with van der Waals surface area (Å²) in [4.78, 5) is 0. The Morgan fingerprint density at radius 3 is 1.45 bits per heavy atom. The Morgan fingerprint density at radius 1 is 0.400 bits per heavy atom. The Labute approximate surface area is 233 Å². The zero-order valence-electron chi connectivity index (χ0n) is 22.3. The number of hydrogen-bond acceptors (Lipinski definition) is 0. The lowest BCUT2D eigenvalue weighted by molar-refractivity contribution is 1.18. The Bertz CT molecular complexity index is 2120. The molecule has 0 fully saturated rings. The first kappa shape index (κ1) is 22.8. The van der Waals surface area contributed by atoms with Crippen molar-refractivity contribution >= 4 is 43.4 Å². The van der Waals surface area contributed by atoms with Crippen LogP contribution in [0.15, 0.2) is 146 Å². The molecule has 0 atom stereocenters. The molecule has 0 aliphatic rings. The van der Waals surface area contributed by atoms with Crippen LogP contribution in [0.4, 0.5) is 0 Å². The molecule has 0 radical (unpaired) electrons. The van der Waals surface area contributed by atoms with E-state index in [4.69, 9.17) is 0 Å². The lowest BCUT2D eigenvalue weighted by Gasteiger charge is -2.19. The van der Waals surface area contributed by atoms with Crippen LogP contribution in [0.1, 0.15) is 5.56 Å². The molecule has 8 aromatic rings. The van der Waals surface area contributed by atoms with Crippen molar-refractivity contribution in [1.82, 2.24) is 4.57 Å². The van der Waals surface area contributed by atoms with Gasteiger partial charge in [-0.15, -0.1) is 0 Å². The standard InChI is InChI=1S/C39H27N/c1-26-13-2-3-16-29(26)39-34-21-6-4-19-32(34)38(33-20-5-7-22-35(33)39)27-14-12-15-28(25-27)40-36-23-10-8-17-30(36)31-18-9-11-24-37(31)40/h2-25H,1H3. The second kappa shape index (κ2) is 8.97. The zero-order chi connectivity index (χ0) is 26.6. The number of nitrogens with zero attached hydrogens (tertiary/aromatic N) is 1. The van der Waals surface area contributed by atoms with Gasteiger partial charge >= 0.3 is 0 Å². The molecule has 0 spiro atoms. The summed E-state index contributed by atoms with van der Waals surface area (Å²) in [6, 6.07) is 53.0. The van der Waals surface area contributed by atoms with Gasteiger partial charge in [-0.3, -0.25) is 0 Å². The van der Waals surface area contributed by atoms with Gasteiger partial charge in [0.1, 0.15) is 0 Å². The van der Waals surface area contributed by atoms with Gasteiger partial charge in [-0.2, -0.15) is 0 Å². The number of benzene rings is 7. The largest absolute Gasteiger partial charge is 0.309 e. The third kappa shape index (κ3) is 3.34. The maximum absolute atomic E-state index is 2.40. The van der Waals surface area contributed by atoms with Crippen LogP contribution >= 0.6 is 0 Å². The second-order valence-corrected chi connectivity index (χ2v) is 10.6. The van der Waals surface area contributed by atoms with E-state index in [9.17, 15) is 0 Å². The predicted octanol–water partition coefficient (Wildman–Crippen LogP) is 10.7. The molecule has 1 heterocycles. The fourth-order valence-corrected chi connectivity index (χ4v) is 6.58. The van der Waals surface area contributed by atoms with Crippen LogP contribution in [0, 0.1) is 6.92 Å². The highest BCUT2D eigenvalue weighted by atomic mass is 15.0. The molecule has 1 aromatic heterocycles. The van der Waals surface area contributed by atoms with Gasteiger partial charge in [0.15, 0.2) is 0 Å². The van der Waals surface area contributed by atoms with Gasteiger partial charge in [0.2, 0.25) is 0 Å². The average Bonchev–Trinajstić information content (AvgIpc) is 3.35.